The second-order valence-corrected chi connectivity index (χ2v) is 6.80. The number of hydrogen-bond acceptors (Lipinski definition) is 3. The average molecular weight is 397 g/mol. The Morgan fingerprint density at radius 2 is 1.74 bits per heavy atom. The summed E-state index contributed by atoms with van der Waals surface area (Å²) >= 11 is 12.2. The maximum atomic E-state index is 12.8. The molecule has 27 heavy (non-hydrogen) atoms. The van der Waals surface area contributed by atoms with Crippen LogP contribution in [-0.2, 0) is 0 Å². The van der Waals surface area contributed by atoms with E-state index in [0.717, 1.165) is 16.8 Å². The summed E-state index contributed by atoms with van der Waals surface area (Å²) in [5.74, 6) is 0.500. The molecule has 5 nitrogen and oxygen atoms in total. The molecule has 0 aliphatic heterocycles. The molecule has 4 rings (SSSR count). The van der Waals surface area contributed by atoms with Crippen molar-refractivity contribution < 1.29 is 4.79 Å². The van der Waals surface area contributed by atoms with E-state index in [1.54, 1.807) is 48.6 Å². The van der Waals surface area contributed by atoms with Crippen molar-refractivity contribution >= 4 is 45.8 Å². The number of halogens is 2. The lowest BCUT2D eigenvalue weighted by molar-refractivity contribution is 0.0993. The summed E-state index contributed by atoms with van der Waals surface area (Å²) in [5, 5.41) is 0.901. The molecule has 0 spiro atoms. The summed E-state index contributed by atoms with van der Waals surface area (Å²) in [6, 6.07) is 14.4. The van der Waals surface area contributed by atoms with Crippen LogP contribution in [0.3, 0.4) is 0 Å². The van der Waals surface area contributed by atoms with Gasteiger partial charge >= 0.3 is 0 Å². The number of H-pyrrole nitrogens is 1. The summed E-state index contributed by atoms with van der Waals surface area (Å²) in [4.78, 5) is 26.2. The smallest absolute Gasteiger partial charge is 0.258 e. The van der Waals surface area contributed by atoms with Crippen LogP contribution in [0.4, 0.5) is 5.69 Å². The normalized spacial score (nSPS) is 10.9. The molecule has 0 fully saturated rings. The lowest BCUT2D eigenvalue weighted by atomic mass is 10.1. The van der Waals surface area contributed by atoms with Gasteiger partial charge in [0.2, 0.25) is 0 Å². The monoisotopic (exact) mass is 396 g/mol. The number of aromatic amines is 1. The van der Waals surface area contributed by atoms with Gasteiger partial charge in [0.05, 0.1) is 26.8 Å². The number of amides is 1. The van der Waals surface area contributed by atoms with Crippen LogP contribution in [0.15, 0.2) is 60.9 Å². The minimum atomic E-state index is -0.132. The van der Waals surface area contributed by atoms with Crippen LogP contribution in [0.2, 0.25) is 10.0 Å². The second-order valence-electron chi connectivity index (χ2n) is 5.99. The summed E-state index contributed by atoms with van der Waals surface area (Å²) in [7, 11) is 1.73. The Hall–Kier alpha value is -2.89. The number of benzene rings is 2. The molecule has 0 radical (unpaired) electrons. The number of para-hydroxylation sites is 1. The molecule has 0 bridgehead atoms. The number of rotatable bonds is 3. The van der Waals surface area contributed by atoms with Crippen LogP contribution in [0.25, 0.3) is 22.4 Å². The third-order valence-corrected chi connectivity index (χ3v) is 5.00. The minimum Gasteiger partial charge on any atom is -0.338 e. The molecule has 134 valence electrons. The van der Waals surface area contributed by atoms with Crippen LogP contribution >= 0.6 is 23.2 Å². The highest BCUT2D eigenvalue weighted by molar-refractivity contribution is 6.42. The largest absolute Gasteiger partial charge is 0.338 e. The van der Waals surface area contributed by atoms with E-state index in [1.807, 2.05) is 24.3 Å². The third-order valence-electron chi connectivity index (χ3n) is 4.28. The number of anilines is 1. The van der Waals surface area contributed by atoms with Crippen molar-refractivity contribution in [1.29, 1.82) is 0 Å². The van der Waals surface area contributed by atoms with Crippen molar-refractivity contribution in [2.45, 2.75) is 0 Å². The van der Waals surface area contributed by atoms with E-state index in [-0.39, 0.29) is 5.91 Å². The van der Waals surface area contributed by atoms with Crippen LogP contribution in [0, 0.1) is 0 Å². The lowest BCUT2D eigenvalue weighted by Crippen LogP contribution is -2.26. The van der Waals surface area contributed by atoms with E-state index in [4.69, 9.17) is 23.2 Å². The van der Waals surface area contributed by atoms with Crippen molar-refractivity contribution in [3.05, 3.63) is 76.5 Å². The van der Waals surface area contributed by atoms with E-state index in [2.05, 4.69) is 15.0 Å². The fourth-order valence-electron chi connectivity index (χ4n) is 2.90. The van der Waals surface area contributed by atoms with Crippen LogP contribution in [-0.4, -0.2) is 27.9 Å². The van der Waals surface area contributed by atoms with E-state index in [1.165, 1.54) is 0 Å². The Morgan fingerprint density at radius 3 is 2.52 bits per heavy atom. The maximum Gasteiger partial charge on any atom is 0.258 e. The number of carbonyl (C=O) groups excluding carboxylic acids is 1. The standard InChI is InChI=1S/C20H14Cl2N4O/c1-26(20(27)12-6-8-23-9-7-12)18-5-3-2-4-13(18)19-24-16-10-14(21)15(22)11-17(16)25-19/h2-11H,1H3,(H,24,25). The van der Waals surface area contributed by atoms with Crippen LogP contribution in [0.1, 0.15) is 10.4 Å². The molecule has 0 saturated heterocycles. The highest BCUT2D eigenvalue weighted by Gasteiger charge is 2.18. The molecule has 0 aliphatic carbocycles. The number of aromatic nitrogens is 3. The third kappa shape index (κ3) is 3.27. The first kappa shape index (κ1) is 17.5. The number of nitrogens with zero attached hydrogens (tertiary/aromatic N) is 3. The van der Waals surface area contributed by atoms with Crippen molar-refractivity contribution in [1.82, 2.24) is 15.0 Å². The van der Waals surface area contributed by atoms with Gasteiger partial charge in [-0.05, 0) is 36.4 Å². The van der Waals surface area contributed by atoms with Gasteiger partial charge in [-0.3, -0.25) is 9.78 Å². The van der Waals surface area contributed by atoms with E-state index in [0.29, 0.717) is 26.9 Å². The zero-order chi connectivity index (χ0) is 19.0. The number of hydrogen-bond donors (Lipinski definition) is 1. The Morgan fingerprint density at radius 1 is 1.04 bits per heavy atom. The van der Waals surface area contributed by atoms with Crippen LogP contribution < -0.4 is 4.90 Å². The number of pyridine rings is 1. The molecule has 2 aromatic carbocycles. The van der Waals surface area contributed by atoms with E-state index >= 15 is 0 Å². The molecule has 0 aliphatic rings. The molecule has 4 aromatic rings. The molecular weight excluding hydrogens is 383 g/mol. The zero-order valence-corrected chi connectivity index (χ0v) is 15.8. The quantitative estimate of drug-likeness (QED) is 0.516. The number of imidazole rings is 1. The SMILES string of the molecule is CN(C(=O)c1ccncc1)c1ccccc1-c1nc2cc(Cl)c(Cl)cc2[nH]1. The van der Waals surface area contributed by atoms with Gasteiger partial charge in [0.1, 0.15) is 5.82 Å². The van der Waals surface area contributed by atoms with Gasteiger partial charge < -0.3 is 9.88 Å². The first-order chi connectivity index (χ1) is 13.0. The summed E-state index contributed by atoms with van der Waals surface area (Å²) in [6.45, 7) is 0. The van der Waals surface area contributed by atoms with Crippen molar-refractivity contribution in [3.8, 4) is 11.4 Å². The number of carbonyl (C=O) groups is 1. The maximum absolute atomic E-state index is 12.8. The molecule has 0 atom stereocenters. The Labute approximate surface area is 165 Å². The molecule has 2 aromatic heterocycles. The Kier molecular flexibility index (Phi) is 4.56. The fraction of sp³-hybridized carbons (Fsp3) is 0.0500. The summed E-state index contributed by atoms with van der Waals surface area (Å²) in [6.07, 6.45) is 3.19. The zero-order valence-electron chi connectivity index (χ0n) is 14.3. The number of nitrogens with one attached hydrogen (secondary N) is 1. The van der Waals surface area contributed by atoms with E-state index in [9.17, 15) is 4.79 Å². The van der Waals surface area contributed by atoms with Crippen molar-refractivity contribution in [2.24, 2.45) is 0 Å². The highest BCUT2D eigenvalue weighted by Crippen LogP contribution is 2.33. The van der Waals surface area contributed by atoms with E-state index < -0.39 is 0 Å². The molecule has 1 amide bonds. The number of fused-ring (bicyclic) bond motifs is 1. The van der Waals surface area contributed by atoms with Gasteiger partial charge in [-0.15, -0.1) is 0 Å². The first-order valence-electron chi connectivity index (χ1n) is 8.17. The van der Waals surface area contributed by atoms with Gasteiger partial charge in [-0.1, -0.05) is 35.3 Å². The predicted octanol–water partition coefficient (Wildman–Crippen LogP) is 5.21. The van der Waals surface area contributed by atoms with Gasteiger partial charge in [0, 0.05) is 30.6 Å². The van der Waals surface area contributed by atoms with Crippen LogP contribution in [0.5, 0.6) is 0 Å². The second kappa shape index (κ2) is 7.02. The lowest BCUT2D eigenvalue weighted by Gasteiger charge is -2.20. The average Bonchev–Trinajstić information content (AvgIpc) is 3.10. The van der Waals surface area contributed by atoms with Crippen molar-refractivity contribution in [3.63, 3.8) is 0 Å². The van der Waals surface area contributed by atoms with Gasteiger partial charge in [-0.25, -0.2) is 4.98 Å². The molecule has 2 heterocycles. The molecule has 0 saturated carbocycles. The molecule has 1 N–H and O–H groups in total. The topological polar surface area (TPSA) is 61.9 Å². The predicted molar refractivity (Wildman–Crippen MR) is 109 cm³/mol. The summed E-state index contributed by atoms with van der Waals surface area (Å²) in [5.41, 5.74) is 3.57. The van der Waals surface area contributed by atoms with Gasteiger partial charge in [0.25, 0.3) is 5.91 Å². The molecular formula is C20H14Cl2N4O. The van der Waals surface area contributed by atoms with Gasteiger partial charge in [0.15, 0.2) is 0 Å². The van der Waals surface area contributed by atoms with Crippen molar-refractivity contribution in [2.75, 3.05) is 11.9 Å². The first-order valence-corrected chi connectivity index (χ1v) is 8.92. The van der Waals surface area contributed by atoms with Gasteiger partial charge in [-0.2, -0.15) is 0 Å². The summed E-state index contributed by atoms with van der Waals surface area (Å²) < 4.78 is 0. The Balaban J connectivity index is 1.78. The minimum absolute atomic E-state index is 0.132. The highest BCUT2D eigenvalue weighted by atomic mass is 35.5. The fourth-order valence-corrected chi connectivity index (χ4v) is 3.22. The molecule has 0 unspecified atom stereocenters. The molecule has 7 heteroatoms. The Bertz CT molecular complexity index is 1100.